The van der Waals surface area contributed by atoms with Crippen LogP contribution in [-0.4, -0.2) is 30.6 Å². The van der Waals surface area contributed by atoms with Crippen molar-refractivity contribution in [1.82, 2.24) is 4.90 Å². The molecule has 2 rings (SSSR count). The SMILES string of the molecule is Cl.Cl.N[C@H]1CC[C@@H](CN2CCCCC2)C1. The summed E-state index contributed by atoms with van der Waals surface area (Å²) in [6.07, 6.45) is 8.19. The van der Waals surface area contributed by atoms with Crippen LogP contribution in [0.3, 0.4) is 0 Å². The van der Waals surface area contributed by atoms with E-state index in [1.807, 2.05) is 0 Å². The zero-order valence-electron chi connectivity index (χ0n) is 9.36. The first-order valence-electron chi connectivity index (χ1n) is 5.82. The van der Waals surface area contributed by atoms with E-state index >= 15 is 0 Å². The van der Waals surface area contributed by atoms with Crippen LogP contribution < -0.4 is 5.73 Å². The first kappa shape index (κ1) is 15.5. The van der Waals surface area contributed by atoms with Gasteiger partial charge in [0.15, 0.2) is 0 Å². The summed E-state index contributed by atoms with van der Waals surface area (Å²) < 4.78 is 0. The smallest absolute Gasteiger partial charge is 0.00420 e. The fraction of sp³-hybridized carbons (Fsp3) is 1.00. The molecule has 0 aromatic rings. The first-order chi connectivity index (χ1) is 6.34. The van der Waals surface area contributed by atoms with Crippen molar-refractivity contribution < 1.29 is 0 Å². The third kappa shape index (κ3) is 4.90. The van der Waals surface area contributed by atoms with Crippen LogP contribution in [0.4, 0.5) is 0 Å². The Balaban J connectivity index is 0.000000980. The first-order valence-corrected chi connectivity index (χ1v) is 5.82. The molecule has 0 bridgehead atoms. The summed E-state index contributed by atoms with van der Waals surface area (Å²) in [6.45, 7) is 4.01. The second-order valence-electron chi connectivity index (χ2n) is 4.80. The van der Waals surface area contributed by atoms with E-state index < -0.39 is 0 Å². The van der Waals surface area contributed by atoms with Crippen LogP contribution in [0.5, 0.6) is 0 Å². The molecule has 4 heteroatoms. The molecule has 0 spiro atoms. The fourth-order valence-electron chi connectivity index (χ4n) is 2.79. The maximum atomic E-state index is 5.91. The molecule has 2 fully saturated rings. The van der Waals surface area contributed by atoms with Gasteiger partial charge in [0.2, 0.25) is 0 Å². The van der Waals surface area contributed by atoms with Crippen LogP contribution in [0, 0.1) is 5.92 Å². The molecule has 0 aromatic heterocycles. The summed E-state index contributed by atoms with van der Waals surface area (Å²) in [7, 11) is 0. The van der Waals surface area contributed by atoms with Crippen molar-refractivity contribution in [3.8, 4) is 0 Å². The maximum absolute atomic E-state index is 5.91. The highest BCUT2D eigenvalue weighted by atomic mass is 35.5. The predicted molar refractivity (Wildman–Crippen MR) is 70.1 cm³/mol. The van der Waals surface area contributed by atoms with Crippen LogP contribution in [0.25, 0.3) is 0 Å². The van der Waals surface area contributed by atoms with Crippen LogP contribution in [0.1, 0.15) is 38.5 Å². The monoisotopic (exact) mass is 254 g/mol. The molecule has 1 aliphatic carbocycles. The van der Waals surface area contributed by atoms with Crippen molar-refractivity contribution in [1.29, 1.82) is 0 Å². The van der Waals surface area contributed by atoms with Crippen molar-refractivity contribution in [2.75, 3.05) is 19.6 Å². The van der Waals surface area contributed by atoms with Gasteiger partial charge in [0.05, 0.1) is 0 Å². The molecule has 1 saturated heterocycles. The number of hydrogen-bond donors (Lipinski definition) is 1. The van der Waals surface area contributed by atoms with Crippen molar-refractivity contribution in [3.63, 3.8) is 0 Å². The van der Waals surface area contributed by atoms with Gasteiger partial charge in [-0.05, 0) is 51.1 Å². The van der Waals surface area contributed by atoms with Gasteiger partial charge in [0, 0.05) is 12.6 Å². The minimum absolute atomic E-state index is 0. The molecule has 0 aromatic carbocycles. The third-order valence-electron chi connectivity index (χ3n) is 3.55. The molecule has 1 aliphatic heterocycles. The lowest BCUT2D eigenvalue weighted by Gasteiger charge is -2.28. The summed E-state index contributed by atoms with van der Waals surface area (Å²) in [5, 5.41) is 0. The Morgan fingerprint density at radius 2 is 1.67 bits per heavy atom. The quantitative estimate of drug-likeness (QED) is 0.821. The Morgan fingerprint density at radius 1 is 1.00 bits per heavy atom. The Labute approximate surface area is 106 Å². The highest BCUT2D eigenvalue weighted by Crippen LogP contribution is 2.25. The molecule has 1 saturated carbocycles. The van der Waals surface area contributed by atoms with Gasteiger partial charge in [-0.15, -0.1) is 24.8 Å². The summed E-state index contributed by atoms with van der Waals surface area (Å²) in [5.41, 5.74) is 5.91. The molecule has 2 aliphatic rings. The molecule has 2 atom stereocenters. The lowest BCUT2D eigenvalue weighted by Crippen LogP contribution is -2.34. The average Bonchev–Trinajstić information content (AvgIpc) is 2.53. The number of rotatable bonds is 2. The number of halogens is 2. The van der Waals surface area contributed by atoms with Gasteiger partial charge in [0.25, 0.3) is 0 Å². The topological polar surface area (TPSA) is 29.3 Å². The number of nitrogens with two attached hydrogens (primary N) is 1. The molecule has 0 radical (unpaired) electrons. The number of piperidine rings is 1. The van der Waals surface area contributed by atoms with Crippen molar-refractivity contribution in [3.05, 3.63) is 0 Å². The molecule has 0 unspecified atom stereocenters. The van der Waals surface area contributed by atoms with Crippen LogP contribution in [0.2, 0.25) is 0 Å². The van der Waals surface area contributed by atoms with E-state index in [0.29, 0.717) is 6.04 Å². The van der Waals surface area contributed by atoms with Crippen molar-refractivity contribution in [2.45, 2.75) is 44.6 Å². The summed E-state index contributed by atoms with van der Waals surface area (Å²) >= 11 is 0. The highest BCUT2D eigenvalue weighted by Gasteiger charge is 2.24. The van der Waals surface area contributed by atoms with Crippen LogP contribution >= 0.6 is 24.8 Å². The van der Waals surface area contributed by atoms with Gasteiger partial charge in [-0.3, -0.25) is 0 Å². The molecular weight excluding hydrogens is 231 g/mol. The zero-order chi connectivity index (χ0) is 9.10. The van der Waals surface area contributed by atoms with Gasteiger partial charge >= 0.3 is 0 Å². The van der Waals surface area contributed by atoms with E-state index in [2.05, 4.69) is 4.90 Å². The maximum Gasteiger partial charge on any atom is 0.00420 e. The molecular formula is C11H24Cl2N2. The van der Waals surface area contributed by atoms with Gasteiger partial charge in [-0.2, -0.15) is 0 Å². The van der Waals surface area contributed by atoms with E-state index in [-0.39, 0.29) is 24.8 Å². The van der Waals surface area contributed by atoms with E-state index in [4.69, 9.17) is 5.73 Å². The third-order valence-corrected chi connectivity index (χ3v) is 3.55. The lowest BCUT2D eigenvalue weighted by atomic mass is 10.0. The Bertz CT molecular complexity index is 158. The molecule has 2 nitrogen and oxygen atoms in total. The standard InChI is InChI=1S/C11H22N2.2ClH/c12-11-5-4-10(8-11)9-13-6-2-1-3-7-13;;/h10-11H,1-9,12H2;2*1H/t10-,11+;;/m1../s1. The lowest BCUT2D eigenvalue weighted by molar-refractivity contribution is 0.196. The summed E-state index contributed by atoms with van der Waals surface area (Å²) in [4.78, 5) is 2.65. The minimum Gasteiger partial charge on any atom is -0.328 e. The number of likely N-dealkylation sites (tertiary alicyclic amines) is 1. The second-order valence-corrected chi connectivity index (χ2v) is 4.80. The van der Waals surface area contributed by atoms with Gasteiger partial charge < -0.3 is 10.6 Å². The van der Waals surface area contributed by atoms with E-state index in [1.165, 1.54) is 58.2 Å². The molecule has 92 valence electrons. The highest BCUT2D eigenvalue weighted by molar-refractivity contribution is 5.85. The zero-order valence-corrected chi connectivity index (χ0v) is 11.0. The predicted octanol–water partition coefficient (Wildman–Crippen LogP) is 2.44. The average molecular weight is 255 g/mol. The molecule has 15 heavy (non-hydrogen) atoms. The number of nitrogens with zero attached hydrogens (tertiary/aromatic N) is 1. The van der Waals surface area contributed by atoms with Crippen molar-refractivity contribution >= 4 is 24.8 Å². The largest absolute Gasteiger partial charge is 0.328 e. The van der Waals surface area contributed by atoms with Gasteiger partial charge in [-0.25, -0.2) is 0 Å². The normalized spacial score (nSPS) is 31.8. The van der Waals surface area contributed by atoms with Gasteiger partial charge in [0.1, 0.15) is 0 Å². The molecule has 2 N–H and O–H groups in total. The van der Waals surface area contributed by atoms with E-state index in [9.17, 15) is 0 Å². The van der Waals surface area contributed by atoms with Crippen LogP contribution in [-0.2, 0) is 0 Å². The Kier molecular flexibility index (Phi) is 7.98. The summed E-state index contributed by atoms with van der Waals surface area (Å²) in [6, 6.07) is 0.509. The second kappa shape index (κ2) is 7.72. The van der Waals surface area contributed by atoms with E-state index in [1.54, 1.807) is 0 Å². The van der Waals surface area contributed by atoms with E-state index in [0.717, 1.165) is 5.92 Å². The van der Waals surface area contributed by atoms with Crippen LogP contribution in [0.15, 0.2) is 0 Å². The minimum atomic E-state index is 0. The van der Waals surface area contributed by atoms with Crippen molar-refractivity contribution in [2.24, 2.45) is 11.7 Å². The Hall–Kier alpha value is 0.500. The van der Waals surface area contributed by atoms with Gasteiger partial charge in [-0.1, -0.05) is 6.42 Å². The molecule has 0 amide bonds. The summed E-state index contributed by atoms with van der Waals surface area (Å²) in [5.74, 6) is 0.910. The molecule has 1 heterocycles. The fourth-order valence-corrected chi connectivity index (χ4v) is 2.79. The Morgan fingerprint density at radius 3 is 2.20 bits per heavy atom. The number of hydrogen-bond acceptors (Lipinski definition) is 2.